The first-order valence-electron chi connectivity index (χ1n) is 15.9. The molecule has 1 heterocycles. The summed E-state index contributed by atoms with van der Waals surface area (Å²) in [7, 11) is 0. The van der Waals surface area contributed by atoms with Gasteiger partial charge in [-0.25, -0.2) is 0 Å². The summed E-state index contributed by atoms with van der Waals surface area (Å²) < 4.78 is 0. The van der Waals surface area contributed by atoms with Crippen molar-refractivity contribution >= 4 is 16.6 Å². The summed E-state index contributed by atoms with van der Waals surface area (Å²) in [4.78, 5) is 16.1. The normalized spacial score (nSPS) is 12.0. The monoisotopic (exact) mass is 767 g/mol. The molecule has 1 radical (unpaired) electrons. The van der Waals surface area contributed by atoms with Crippen molar-refractivity contribution in [2.24, 2.45) is 23.7 Å². The Morgan fingerprint density at radius 2 is 1.43 bits per heavy atom. The van der Waals surface area contributed by atoms with Crippen LogP contribution >= 0.6 is 0 Å². The predicted molar refractivity (Wildman–Crippen MR) is 182 cm³/mol. The first kappa shape index (κ1) is 35.4. The van der Waals surface area contributed by atoms with Crippen LogP contribution in [0, 0.1) is 29.7 Å². The number of rotatable bonds is 9. The van der Waals surface area contributed by atoms with Gasteiger partial charge in [0.25, 0.3) is 0 Å². The summed E-state index contributed by atoms with van der Waals surface area (Å²) >= 11 is 0. The van der Waals surface area contributed by atoms with Gasteiger partial charge in [-0.1, -0.05) is 96.8 Å². The van der Waals surface area contributed by atoms with Gasteiger partial charge in [0.2, 0.25) is 0 Å². The van der Waals surface area contributed by atoms with Crippen LogP contribution in [-0.4, -0.2) is 15.9 Å². The van der Waals surface area contributed by atoms with Crippen LogP contribution in [0.15, 0.2) is 72.6 Å². The van der Waals surface area contributed by atoms with Crippen molar-refractivity contribution in [1.29, 1.82) is 0 Å². The van der Waals surface area contributed by atoms with Crippen molar-refractivity contribution < 1.29 is 30.0 Å². The first-order valence-corrected chi connectivity index (χ1v) is 15.9. The molecule has 0 saturated heterocycles. The van der Waals surface area contributed by atoms with Gasteiger partial charge in [-0.05, 0) is 81.3 Å². The number of carbonyl (C=O) groups is 1. The summed E-state index contributed by atoms with van der Waals surface area (Å²) in [6, 6.07) is 23.8. The van der Waals surface area contributed by atoms with E-state index in [1.807, 2.05) is 40.0 Å². The van der Waals surface area contributed by atoms with Crippen LogP contribution in [0.5, 0.6) is 0 Å². The maximum absolute atomic E-state index is 11.2. The Bertz CT molecular complexity index is 1610. The van der Waals surface area contributed by atoms with Crippen molar-refractivity contribution in [3.8, 4) is 33.5 Å². The van der Waals surface area contributed by atoms with E-state index in [1.54, 1.807) is 0 Å². The number of pyridine rings is 1. The molecule has 0 aliphatic heterocycles. The van der Waals surface area contributed by atoms with Crippen molar-refractivity contribution in [3.05, 3.63) is 89.8 Å². The number of fused-ring (bicyclic) bond motifs is 5. The maximum Gasteiger partial charge on any atom is 0.159 e. The average Bonchev–Trinajstić information content (AvgIpc) is 3.01. The van der Waals surface area contributed by atoms with Crippen molar-refractivity contribution in [1.82, 2.24) is 4.98 Å². The Morgan fingerprint density at radius 1 is 0.773 bits per heavy atom. The van der Waals surface area contributed by atoms with Crippen LogP contribution in [0.3, 0.4) is 0 Å². The summed E-state index contributed by atoms with van der Waals surface area (Å²) in [6.45, 7) is 17.1. The molecule has 1 aromatic heterocycles. The third-order valence-electron chi connectivity index (χ3n) is 7.52. The molecule has 44 heavy (non-hydrogen) atoms. The zero-order chi connectivity index (χ0) is 31.3. The number of aliphatic hydroxyl groups excluding tert-OH is 1. The molecule has 3 nitrogen and oxygen atoms in total. The van der Waals surface area contributed by atoms with E-state index in [-0.39, 0.29) is 31.6 Å². The number of aliphatic hydroxyl groups is 1. The Kier molecular flexibility index (Phi) is 12.7. The molecule has 1 aliphatic rings. The van der Waals surface area contributed by atoms with Crippen LogP contribution in [0.25, 0.3) is 44.3 Å². The molecule has 1 aliphatic carbocycles. The Hall–Kier alpha value is -3.07. The fourth-order valence-corrected chi connectivity index (χ4v) is 6.00. The second kappa shape index (κ2) is 15.8. The summed E-state index contributed by atoms with van der Waals surface area (Å²) in [5, 5.41) is 11.9. The topological polar surface area (TPSA) is 50.2 Å². The molecule has 3 aromatic carbocycles. The fraction of sp³-hybridized carbons (Fsp3) is 0.400. The number of allylic oxidation sites excluding steroid dienone is 2. The molecule has 0 unspecified atom stereocenters. The van der Waals surface area contributed by atoms with E-state index in [0.29, 0.717) is 36.5 Å². The van der Waals surface area contributed by atoms with E-state index < -0.39 is 0 Å². The van der Waals surface area contributed by atoms with E-state index in [9.17, 15) is 9.90 Å². The van der Waals surface area contributed by atoms with Gasteiger partial charge in [-0.2, -0.15) is 0 Å². The van der Waals surface area contributed by atoms with Gasteiger partial charge in [-0.15, -0.1) is 29.8 Å². The molecule has 0 bridgehead atoms. The van der Waals surface area contributed by atoms with Gasteiger partial charge < -0.3 is 10.1 Å². The molecule has 0 atom stereocenters. The van der Waals surface area contributed by atoms with Gasteiger partial charge in [0.1, 0.15) is 0 Å². The fourth-order valence-electron chi connectivity index (χ4n) is 6.00. The van der Waals surface area contributed by atoms with Gasteiger partial charge in [0.05, 0.1) is 5.76 Å². The summed E-state index contributed by atoms with van der Waals surface area (Å²) in [5.41, 5.74) is 10.1. The quantitative estimate of drug-likeness (QED) is 0.0923. The number of ketones is 1. The SMILES string of the molecule is CC(C)CC(=O)/C=C(\O)CC(C)C.CC(C)Cc1ccc2c(c1)-c1ccc[c-]c1-c1nccc3cc(CC(C)C)cc-2c13.[Ir]. The number of hydrogen-bond donors (Lipinski definition) is 1. The van der Waals surface area contributed by atoms with E-state index in [2.05, 4.69) is 82.3 Å². The molecule has 4 aromatic rings. The standard InChI is InChI=1S/C29H28N.C11H20O2.Ir/c1-18(2)13-20-9-10-24-26(16-20)23-7-5-6-8-25(23)29-28-22(11-12-30-29)15-21(14-19(3)4)17-27(24)28;1-8(2)5-10(12)7-11(13)6-9(3)4;/h5-7,9-12,15-19H,13-14H2,1-4H3;7-9,12H,5-6H2,1-4H3;/q-1;;/b;10-7-;. The minimum absolute atomic E-state index is 0. The van der Waals surface area contributed by atoms with Crippen molar-refractivity contribution in [2.45, 2.75) is 81.1 Å². The number of hydrogen-bond acceptors (Lipinski definition) is 3. The third kappa shape index (κ3) is 8.99. The number of nitrogens with zero attached hydrogens (tertiary/aromatic N) is 1. The molecule has 0 saturated carbocycles. The molecule has 1 N–H and O–H groups in total. The minimum atomic E-state index is 0. The number of benzene rings is 3. The molecular formula is C40H48IrNO2-. The van der Waals surface area contributed by atoms with Crippen LogP contribution < -0.4 is 0 Å². The Morgan fingerprint density at radius 3 is 2.09 bits per heavy atom. The second-order valence-corrected chi connectivity index (χ2v) is 13.7. The Balaban J connectivity index is 0.000000324. The smallest absolute Gasteiger partial charge is 0.159 e. The van der Waals surface area contributed by atoms with Gasteiger partial charge in [0.15, 0.2) is 5.78 Å². The van der Waals surface area contributed by atoms with Gasteiger partial charge in [0, 0.05) is 45.2 Å². The third-order valence-corrected chi connectivity index (χ3v) is 7.52. The second-order valence-electron chi connectivity index (χ2n) is 13.7. The molecule has 0 fully saturated rings. The molecular weight excluding hydrogens is 719 g/mol. The number of carbonyl (C=O) groups excluding carboxylic acids is 1. The van der Waals surface area contributed by atoms with E-state index >= 15 is 0 Å². The molecule has 5 rings (SSSR count). The van der Waals surface area contributed by atoms with Gasteiger partial charge in [-0.3, -0.25) is 4.79 Å². The molecule has 0 amide bonds. The molecule has 4 heteroatoms. The van der Waals surface area contributed by atoms with E-state index in [4.69, 9.17) is 4.98 Å². The van der Waals surface area contributed by atoms with Crippen molar-refractivity contribution in [2.75, 3.05) is 0 Å². The zero-order valence-electron chi connectivity index (χ0n) is 27.6. The largest absolute Gasteiger partial charge is 0.512 e. The van der Waals surface area contributed by atoms with Crippen LogP contribution in [0.2, 0.25) is 0 Å². The average molecular weight is 767 g/mol. The van der Waals surface area contributed by atoms with Gasteiger partial charge >= 0.3 is 0 Å². The number of aromatic nitrogens is 1. The first-order chi connectivity index (χ1) is 20.4. The molecule has 0 spiro atoms. The van der Waals surface area contributed by atoms with E-state index in [0.717, 1.165) is 24.1 Å². The van der Waals surface area contributed by atoms with Crippen molar-refractivity contribution in [3.63, 3.8) is 0 Å². The van der Waals surface area contributed by atoms with Crippen LogP contribution in [0.4, 0.5) is 0 Å². The van der Waals surface area contributed by atoms with Crippen LogP contribution in [0.1, 0.15) is 79.4 Å². The van der Waals surface area contributed by atoms with Crippen LogP contribution in [-0.2, 0) is 37.7 Å². The predicted octanol–water partition coefficient (Wildman–Crippen LogP) is 10.8. The maximum atomic E-state index is 11.2. The molecule has 235 valence electrons. The minimum Gasteiger partial charge on any atom is -0.512 e. The summed E-state index contributed by atoms with van der Waals surface area (Å²) in [6.07, 6.45) is 6.59. The zero-order valence-corrected chi connectivity index (χ0v) is 30.0. The summed E-state index contributed by atoms with van der Waals surface area (Å²) in [5.74, 6) is 2.24. The Labute approximate surface area is 278 Å². The van der Waals surface area contributed by atoms with E-state index in [1.165, 1.54) is 50.2 Å².